The molecule has 1 aromatic rings. The minimum Gasteiger partial charge on any atom is -0.429 e. The molecule has 0 aliphatic heterocycles. The third-order valence-electron chi connectivity index (χ3n) is 2.51. The Morgan fingerprint density at radius 3 is 2.04 bits per heavy atom. The largest absolute Gasteiger partial charge is 0.439 e. The predicted octanol–water partition coefficient (Wildman–Crippen LogP) is 5.19. The molecular formula is C12H7ClF9NO2. The lowest BCUT2D eigenvalue weighted by Crippen LogP contribution is -2.45. The quantitative estimate of drug-likeness (QED) is 0.703. The Kier molecular flexibility index (Phi) is 5.77. The van der Waals surface area contributed by atoms with Crippen LogP contribution in [-0.4, -0.2) is 24.4 Å². The first kappa shape index (κ1) is 21.2. The van der Waals surface area contributed by atoms with Gasteiger partial charge in [-0.3, -0.25) is 4.79 Å². The minimum atomic E-state index is -6.08. The fourth-order valence-electron chi connectivity index (χ4n) is 1.54. The zero-order valence-corrected chi connectivity index (χ0v) is 12.6. The van der Waals surface area contributed by atoms with Gasteiger partial charge in [-0.15, -0.1) is 0 Å². The Morgan fingerprint density at radius 1 is 1.12 bits per heavy atom. The molecule has 0 saturated carbocycles. The van der Waals surface area contributed by atoms with Gasteiger partial charge in [0.25, 0.3) is 6.17 Å². The molecule has 1 unspecified atom stereocenters. The first-order valence-corrected chi connectivity index (χ1v) is 6.39. The molecule has 1 N–H and O–H groups in total. The van der Waals surface area contributed by atoms with Crippen LogP contribution in [0.4, 0.5) is 45.2 Å². The number of anilines is 1. The smallest absolute Gasteiger partial charge is 0.429 e. The highest BCUT2D eigenvalue weighted by atomic mass is 35.5. The second-order valence-corrected chi connectivity index (χ2v) is 4.98. The number of hydrogen-bond donors (Lipinski definition) is 1. The number of ether oxygens (including phenoxy) is 1. The Balaban J connectivity index is 3.39. The summed E-state index contributed by atoms with van der Waals surface area (Å²) in [5.41, 5.74) is -2.65. The normalized spacial score (nSPS) is 14.2. The predicted molar refractivity (Wildman–Crippen MR) is 67.3 cm³/mol. The number of amides is 1. The molecule has 1 atom stereocenters. The first-order chi connectivity index (χ1) is 11.1. The number of benzene rings is 1. The van der Waals surface area contributed by atoms with Gasteiger partial charge in [0.1, 0.15) is 5.75 Å². The third-order valence-corrected chi connectivity index (χ3v) is 2.83. The standard InChI is InChI=1S/C12H7ClF9NO2/c1-4(24)23-7-2-5(10(15,16)17)8(3-6(7)13)25-12(21,22)9(14)11(18,19)20/h2-3,9H,1H3,(H,23,24). The van der Waals surface area contributed by atoms with Crippen molar-refractivity contribution in [2.45, 2.75) is 31.6 Å². The summed E-state index contributed by atoms with van der Waals surface area (Å²) in [6.45, 7) is 0.902. The van der Waals surface area contributed by atoms with Gasteiger partial charge in [0, 0.05) is 13.0 Å². The maximum atomic E-state index is 13.2. The van der Waals surface area contributed by atoms with Crippen molar-refractivity contribution in [3.8, 4) is 5.75 Å². The van der Waals surface area contributed by atoms with E-state index in [9.17, 15) is 44.3 Å². The molecule has 0 aromatic heterocycles. The third kappa shape index (κ3) is 5.31. The molecule has 0 saturated heterocycles. The maximum absolute atomic E-state index is 13.2. The van der Waals surface area contributed by atoms with Crippen LogP contribution in [0.25, 0.3) is 0 Å². The summed E-state index contributed by atoms with van der Waals surface area (Å²) in [5.74, 6) is -2.71. The van der Waals surface area contributed by atoms with Gasteiger partial charge in [-0.1, -0.05) is 11.6 Å². The van der Waals surface area contributed by atoms with Gasteiger partial charge >= 0.3 is 18.5 Å². The van der Waals surface area contributed by atoms with Gasteiger partial charge in [-0.25, -0.2) is 4.39 Å². The molecule has 1 rings (SSSR count). The minimum absolute atomic E-state index is 0.0654. The Labute approximate surface area is 138 Å². The van der Waals surface area contributed by atoms with Crippen LogP contribution in [0.1, 0.15) is 12.5 Å². The highest BCUT2D eigenvalue weighted by Crippen LogP contribution is 2.44. The van der Waals surface area contributed by atoms with E-state index in [1.54, 1.807) is 0 Å². The van der Waals surface area contributed by atoms with Crippen LogP contribution in [0.2, 0.25) is 5.02 Å². The molecule has 0 aliphatic rings. The zero-order valence-electron chi connectivity index (χ0n) is 11.8. The van der Waals surface area contributed by atoms with Gasteiger partial charge < -0.3 is 10.1 Å². The first-order valence-electron chi connectivity index (χ1n) is 6.01. The maximum Gasteiger partial charge on any atom is 0.439 e. The molecule has 142 valence electrons. The van der Waals surface area contributed by atoms with Crippen LogP contribution in [0, 0.1) is 0 Å². The highest BCUT2D eigenvalue weighted by Gasteiger charge is 2.59. The SMILES string of the molecule is CC(=O)Nc1cc(C(F)(F)F)c(OC(F)(F)C(F)C(F)(F)F)cc1Cl. The van der Waals surface area contributed by atoms with E-state index in [0.717, 1.165) is 6.92 Å². The molecule has 1 aromatic carbocycles. The number of nitrogens with one attached hydrogen (secondary N) is 1. The lowest BCUT2D eigenvalue weighted by Gasteiger charge is -2.25. The number of alkyl halides is 9. The molecular weight excluding hydrogens is 397 g/mol. The lowest BCUT2D eigenvalue weighted by atomic mass is 10.1. The average molecular weight is 404 g/mol. The molecule has 0 fully saturated rings. The Morgan fingerprint density at radius 2 is 1.64 bits per heavy atom. The van der Waals surface area contributed by atoms with Gasteiger partial charge in [-0.05, 0) is 6.07 Å². The second-order valence-electron chi connectivity index (χ2n) is 4.58. The molecule has 13 heteroatoms. The molecule has 0 spiro atoms. The van der Waals surface area contributed by atoms with E-state index < -0.39 is 52.6 Å². The van der Waals surface area contributed by atoms with Gasteiger partial charge in [0.2, 0.25) is 5.91 Å². The van der Waals surface area contributed by atoms with Gasteiger partial charge in [0.05, 0.1) is 16.3 Å². The Bertz CT molecular complexity index is 657. The van der Waals surface area contributed by atoms with Crippen molar-refractivity contribution >= 4 is 23.2 Å². The van der Waals surface area contributed by atoms with Crippen molar-refractivity contribution in [2.24, 2.45) is 0 Å². The topological polar surface area (TPSA) is 38.3 Å². The molecule has 1 amide bonds. The summed E-state index contributed by atoms with van der Waals surface area (Å²) in [6, 6.07) is 0.155. The zero-order chi connectivity index (χ0) is 19.8. The highest BCUT2D eigenvalue weighted by molar-refractivity contribution is 6.33. The van der Waals surface area contributed by atoms with E-state index >= 15 is 0 Å². The Hall–Kier alpha value is -1.85. The summed E-state index contributed by atoms with van der Waals surface area (Å²) in [7, 11) is 0. The van der Waals surface area contributed by atoms with Gasteiger partial charge in [0.15, 0.2) is 0 Å². The van der Waals surface area contributed by atoms with E-state index in [-0.39, 0.29) is 12.1 Å². The van der Waals surface area contributed by atoms with Crippen molar-refractivity contribution in [1.82, 2.24) is 0 Å². The van der Waals surface area contributed by atoms with Crippen molar-refractivity contribution in [2.75, 3.05) is 5.32 Å². The van der Waals surface area contributed by atoms with E-state index in [0.29, 0.717) is 0 Å². The molecule has 0 aliphatic carbocycles. The number of carbonyl (C=O) groups excluding carboxylic acids is 1. The van der Waals surface area contributed by atoms with Crippen LogP contribution in [0.5, 0.6) is 5.75 Å². The molecule has 0 heterocycles. The number of rotatable bonds is 4. The summed E-state index contributed by atoms with van der Waals surface area (Å²) in [5, 5.41) is 1.10. The van der Waals surface area contributed by atoms with Crippen molar-refractivity contribution < 1.29 is 49.0 Å². The second kappa shape index (κ2) is 6.81. The number of carbonyl (C=O) groups is 1. The summed E-state index contributed by atoms with van der Waals surface area (Å²) in [6.07, 6.45) is -22.0. The summed E-state index contributed by atoms with van der Waals surface area (Å²) < 4.78 is 117. The molecule has 0 bridgehead atoms. The van der Waals surface area contributed by atoms with E-state index in [1.165, 1.54) is 0 Å². The molecule has 3 nitrogen and oxygen atoms in total. The van der Waals surface area contributed by atoms with Gasteiger partial charge in [-0.2, -0.15) is 35.1 Å². The summed E-state index contributed by atoms with van der Waals surface area (Å²) >= 11 is 5.47. The van der Waals surface area contributed by atoms with E-state index in [2.05, 4.69) is 4.74 Å². The van der Waals surface area contributed by atoms with Crippen LogP contribution in [0.3, 0.4) is 0 Å². The van der Waals surface area contributed by atoms with Crippen LogP contribution in [-0.2, 0) is 11.0 Å². The van der Waals surface area contributed by atoms with E-state index in [1.807, 2.05) is 5.32 Å². The van der Waals surface area contributed by atoms with Crippen molar-refractivity contribution in [3.05, 3.63) is 22.7 Å². The summed E-state index contributed by atoms with van der Waals surface area (Å²) in [4.78, 5) is 10.9. The average Bonchev–Trinajstić information content (AvgIpc) is 2.37. The lowest BCUT2D eigenvalue weighted by molar-refractivity contribution is -0.305. The van der Waals surface area contributed by atoms with Crippen molar-refractivity contribution in [3.63, 3.8) is 0 Å². The monoisotopic (exact) mass is 403 g/mol. The van der Waals surface area contributed by atoms with E-state index in [4.69, 9.17) is 11.6 Å². The van der Waals surface area contributed by atoms with Crippen LogP contribution >= 0.6 is 11.6 Å². The van der Waals surface area contributed by atoms with Crippen LogP contribution in [0.15, 0.2) is 12.1 Å². The van der Waals surface area contributed by atoms with Crippen molar-refractivity contribution in [1.29, 1.82) is 0 Å². The fraction of sp³-hybridized carbons (Fsp3) is 0.417. The number of halogens is 10. The number of hydrogen-bond acceptors (Lipinski definition) is 2. The van der Waals surface area contributed by atoms with Crippen LogP contribution < -0.4 is 10.1 Å². The molecule has 0 radical (unpaired) electrons. The fourth-order valence-corrected chi connectivity index (χ4v) is 1.74. The molecule has 25 heavy (non-hydrogen) atoms.